The summed E-state index contributed by atoms with van der Waals surface area (Å²) < 4.78 is 0. The number of hydrogen-bond donors (Lipinski definition) is 1. The third-order valence-electron chi connectivity index (χ3n) is 3.63. The molecule has 0 spiro atoms. The van der Waals surface area contributed by atoms with Crippen LogP contribution in [0.5, 0.6) is 0 Å². The Bertz CT molecular complexity index is 600. The monoisotopic (exact) mass is 304 g/mol. The van der Waals surface area contributed by atoms with E-state index in [4.69, 9.17) is 11.6 Å². The minimum atomic E-state index is -0.138. The van der Waals surface area contributed by atoms with E-state index >= 15 is 0 Å². The molecule has 2 aromatic heterocycles. The lowest BCUT2D eigenvalue weighted by atomic mass is 10.2. The van der Waals surface area contributed by atoms with Gasteiger partial charge in [0.1, 0.15) is 11.6 Å². The van der Waals surface area contributed by atoms with Crippen molar-refractivity contribution in [1.82, 2.24) is 9.97 Å². The number of aliphatic hydroxyl groups excluding tert-OH is 1. The Morgan fingerprint density at radius 3 is 2.33 bits per heavy atom. The Balaban J connectivity index is 1.68. The lowest BCUT2D eigenvalue weighted by Gasteiger charge is -2.36. The summed E-state index contributed by atoms with van der Waals surface area (Å²) in [4.78, 5) is 13.3. The van der Waals surface area contributed by atoms with E-state index in [2.05, 4.69) is 19.8 Å². The van der Waals surface area contributed by atoms with Crippen molar-refractivity contribution in [2.45, 2.75) is 6.61 Å². The summed E-state index contributed by atoms with van der Waals surface area (Å²) >= 11 is 5.98. The first kappa shape index (κ1) is 14.1. The highest BCUT2D eigenvalue weighted by atomic mass is 35.5. The van der Waals surface area contributed by atoms with Gasteiger partial charge in [-0.1, -0.05) is 17.7 Å². The molecule has 2 aromatic rings. The SMILES string of the molecule is OCc1nc(N2CCN(c3ccccn3)CC2)ccc1Cl. The molecule has 5 nitrogen and oxygen atoms in total. The molecule has 6 heteroatoms. The molecule has 110 valence electrons. The molecule has 0 aliphatic carbocycles. The first-order chi connectivity index (χ1) is 10.3. The van der Waals surface area contributed by atoms with E-state index in [0.717, 1.165) is 37.8 Å². The van der Waals surface area contributed by atoms with Gasteiger partial charge in [0, 0.05) is 32.4 Å². The van der Waals surface area contributed by atoms with Gasteiger partial charge in [-0.2, -0.15) is 0 Å². The number of pyridine rings is 2. The highest BCUT2D eigenvalue weighted by Crippen LogP contribution is 2.21. The van der Waals surface area contributed by atoms with Crippen molar-refractivity contribution in [3.05, 3.63) is 47.2 Å². The summed E-state index contributed by atoms with van der Waals surface area (Å²) in [6, 6.07) is 9.65. The fourth-order valence-corrected chi connectivity index (χ4v) is 2.63. The van der Waals surface area contributed by atoms with Crippen molar-refractivity contribution >= 4 is 23.2 Å². The predicted octanol–water partition coefficient (Wildman–Crippen LogP) is 1.95. The number of piperazine rings is 1. The van der Waals surface area contributed by atoms with Gasteiger partial charge in [0.25, 0.3) is 0 Å². The molecule has 21 heavy (non-hydrogen) atoms. The molecular formula is C15H17ClN4O. The van der Waals surface area contributed by atoms with Crippen molar-refractivity contribution in [2.75, 3.05) is 36.0 Å². The molecule has 0 bridgehead atoms. The second-order valence-electron chi connectivity index (χ2n) is 4.92. The summed E-state index contributed by atoms with van der Waals surface area (Å²) in [6.45, 7) is 3.40. The molecule has 1 fully saturated rings. The Labute approximate surface area is 128 Å². The Hall–Kier alpha value is -1.85. The number of aliphatic hydroxyl groups is 1. The van der Waals surface area contributed by atoms with Crippen LogP contribution in [-0.2, 0) is 6.61 Å². The summed E-state index contributed by atoms with van der Waals surface area (Å²) in [6.07, 6.45) is 1.82. The second-order valence-corrected chi connectivity index (χ2v) is 5.33. The van der Waals surface area contributed by atoms with Gasteiger partial charge in [0.05, 0.1) is 17.3 Å². The predicted molar refractivity (Wildman–Crippen MR) is 83.8 cm³/mol. The van der Waals surface area contributed by atoms with Crippen LogP contribution in [0.3, 0.4) is 0 Å². The van der Waals surface area contributed by atoms with E-state index in [1.165, 1.54) is 0 Å². The third kappa shape index (κ3) is 3.09. The minimum absolute atomic E-state index is 0.138. The zero-order chi connectivity index (χ0) is 14.7. The molecule has 0 amide bonds. The zero-order valence-electron chi connectivity index (χ0n) is 11.6. The molecule has 1 N–H and O–H groups in total. The van der Waals surface area contributed by atoms with Crippen LogP contribution in [0, 0.1) is 0 Å². The summed E-state index contributed by atoms with van der Waals surface area (Å²) in [5.41, 5.74) is 0.529. The smallest absolute Gasteiger partial charge is 0.129 e. The maximum absolute atomic E-state index is 9.25. The standard InChI is InChI=1S/C15H17ClN4O/c16-12-4-5-15(18-13(12)11-21)20-9-7-19(8-10-20)14-3-1-2-6-17-14/h1-6,21H,7-11H2. The largest absolute Gasteiger partial charge is 0.390 e. The van der Waals surface area contributed by atoms with E-state index in [0.29, 0.717) is 10.7 Å². The Kier molecular flexibility index (Phi) is 4.22. The molecule has 0 atom stereocenters. The number of aromatic nitrogens is 2. The molecule has 1 aliphatic heterocycles. The quantitative estimate of drug-likeness (QED) is 0.939. The van der Waals surface area contributed by atoms with Crippen LogP contribution in [0.25, 0.3) is 0 Å². The van der Waals surface area contributed by atoms with E-state index in [9.17, 15) is 5.11 Å². The van der Waals surface area contributed by atoms with Crippen LogP contribution in [0.4, 0.5) is 11.6 Å². The highest BCUT2D eigenvalue weighted by Gasteiger charge is 2.19. The van der Waals surface area contributed by atoms with Gasteiger partial charge < -0.3 is 14.9 Å². The second kappa shape index (κ2) is 6.28. The van der Waals surface area contributed by atoms with Gasteiger partial charge in [0.2, 0.25) is 0 Å². The maximum Gasteiger partial charge on any atom is 0.129 e. The van der Waals surface area contributed by atoms with Crippen LogP contribution in [-0.4, -0.2) is 41.3 Å². The lowest BCUT2D eigenvalue weighted by Crippen LogP contribution is -2.47. The van der Waals surface area contributed by atoms with Crippen LogP contribution in [0.1, 0.15) is 5.69 Å². The van der Waals surface area contributed by atoms with Crippen molar-refractivity contribution in [3.63, 3.8) is 0 Å². The number of nitrogens with zero attached hydrogens (tertiary/aromatic N) is 4. The third-order valence-corrected chi connectivity index (χ3v) is 3.97. The van der Waals surface area contributed by atoms with Crippen molar-refractivity contribution in [1.29, 1.82) is 0 Å². The van der Waals surface area contributed by atoms with Gasteiger partial charge in [0.15, 0.2) is 0 Å². The molecule has 1 aliphatic rings. The van der Waals surface area contributed by atoms with Crippen molar-refractivity contribution in [3.8, 4) is 0 Å². The summed E-state index contributed by atoms with van der Waals surface area (Å²) in [5, 5.41) is 9.76. The minimum Gasteiger partial charge on any atom is -0.390 e. The van der Waals surface area contributed by atoms with Gasteiger partial charge in [-0.05, 0) is 24.3 Å². The first-order valence-electron chi connectivity index (χ1n) is 6.95. The van der Waals surface area contributed by atoms with E-state index in [1.807, 2.05) is 30.5 Å². The average Bonchev–Trinajstić information content (AvgIpc) is 2.56. The van der Waals surface area contributed by atoms with E-state index < -0.39 is 0 Å². The highest BCUT2D eigenvalue weighted by molar-refractivity contribution is 6.31. The molecule has 0 unspecified atom stereocenters. The fourth-order valence-electron chi connectivity index (χ4n) is 2.47. The number of anilines is 2. The number of hydrogen-bond acceptors (Lipinski definition) is 5. The molecule has 0 aromatic carbocycles. The molecule has 0 radical (unpaired) electrons. The molecule has 0 saturated carbocycles. The molecule has 3 heterocycles. The van der Waals surface area contributed by atoms with E-state index in [1.54, 1.807) is 6.07 Å². The van der Waals surface area contributed by atoms with Crippen molar-refractivity contribution < 1.29 is 5.11 Å². The number of rotatable bonds is 3. The molecular weight excluding hydrogens is 288 g/mol. The van der Waals surface area contributed by atoms with Crippen molar-refractivity contribution in [2.24, 2.45) is 0 Å². The van der Waals surface area contributed by atoms with Crippen LogP contribution in [0.2, 0.25) is 5.02 Å². The molecule has 3 rings (SSSR count). The van der Waals surface area contributed by atoms with E-state index in [-0.39, 0.29) is 6.61 Å². The van der Waals surface area contributed by atoms with Gasteiger partial charge >= 0.3 is 0 Å². The zero-order valence-corrected chi connectivity index (χ0v) is 12.4. The first-order valence-corrected chi connectivity index (χ1v) is 7.33. The summed E-state index contributed by atoms with van der Waals surface area (Å²) in [5.74, 6) is 1.88. The van der Waals surface area contributed by atoms with Crippen LogP contribution in [0.15, 0.2) is 36.5 Å². The number of halogens is 1. The van der Waals surface area contributed by atoms with Gasteiger partial charge in [-0.15, -0.1) is 0 Å². The Morgan fingerprint density at radius 2 is 1.71 bits per heavy atom. The van der Waals surface area contributed by atoms with Gasteiger partial charge in [-0.25, -0.2) is 9.97 Å². The summed E-state index contributed by atoms with van der Waals surface area (Å²) in [7, 11) is 0. The fraction of sp³-hybridized carbons (Fsp3) is 0.333. The average molecular weight is 305 g/mol. The van der Waals surface area contributed by atoms with Crippen LogP contribution >= 0.6 is 11.6 Å². The topological polar surface area (TPSA) is 52.5 Å². The lowest BCUT2D eigenvalue weighted by molar-refractivity contribution is 0.277. The van der Waals surface area contributed by atoms with Gasteiger partial charge in [-0.3, -0.25) is 0 Å². The maximum atomic E-state index is 9.25. The normalized spacial score (nSPS) is 15.3. The Morgan fingerprint density at radius 1 is 1.00 bits per heavy atom. The molecule has 1 saturated heterocycles. The van der Waals surface area contributed by atoms with Crippen LogP contribution < -0.4 is 9.80 Å².